The van der Waals surface area contributed by atoms with Crippen LogP contribution in [0.1, 0.15) is 17.9 Å². The minimum atomic E-state index is -0.207. The fourth-order valence-corrected chi connectivity index (χ4v) is 3.58. The summed E-state index contributed by atoms with van der Waals surface area (Å²) < 4.78 is 19.2. The molecule has 2 heterocycles. The van der Waals surface area contributed by atoms with Gasteiger partial charge in [-0.1, -0.05) is 30.3 Å². The van der Waals surface area contributed by atoms with Crippen LogP contribution in [0.3, 0.4) is 0 Å². The van der Waals surface area contributed by atoms with Gasteiger partial charge < -0.3 is 10.1 Å². The van der Waals surface area contributed by atoms with Gasteiger partial charge in [-0.25, -0.2) is 4.39 Å². The van der Waals surface area contributed by atoms with Crippen molar-refractivity contribution in [2.75, 3.05) is 19.7 Å². The van der Waals surface area contributed by atoms with Crippen molar-refractivity contribution < 1.29 is 9.13 Å². The highest BCUT2D eigenvalue weighted by atomic mass is 19.1. The maximum atomic E-state index is 13.1. The van der Waals surface area contributed by atoms with Crippen molar-refractivity contribution in [1.82, 2.24) is 5.32 Å². The largest absolute Gasteiger partial charge is 0.493 e. The minimum Gasteiger partial charge on any atom is -0.493 e. The lowest BCUT2D eigenvalue weighted by molar-refractivity contribution is 0.297. The number of para-hydroxylation sites is 1. The number of hydrogen-bond donors (Lipinski definition) is 1. The molecule has 108 valence electrons. The Labute approximate surface area is 123 Å². The summed E-state index contributed by atoms with van der Waals surface area (Å²) in [5.74, 6) is 1.97. The molecule has 2 atom stereocenters. The second kappa shape index (κ2) is 5.15. The molecule has 3 heteroatoms. The van der Waals surface area contributed by atoms with Gasteiger partial charge in [-0.2, -0.15) is 0 Å². The van der Waals surface area contributed by atoms with E-state index in [0.29, 0.717) is 11.8 Å². The van der Waals surface area contributed by atoms with E-state index in [9.17, 15) is 4.39 Å². The molecular weight excluding hydrogens is 265 g/mol. The first-order valence-electron chi connectivity index (χ1n) is 7.55. The van der Waals surface area contributed by atoms with Crippen LogP contribution < -0.4 is 10.1 Å². The van der Waals surface area contributed by atoms with Crippen LogP contribution in [-0.2, 0) is 0 Å². The van der Waals surface area contributed by atoms with Crippen LogP contribution >= 0.6 is 0 Å². The highest BCUT2D eigenvalue weighted by Crippen LogP contribution is 2.43. The maximum absolute atomic E-state index is 13.1. The van der Waals surface area contributed by atoms with E-state index in [-0.39, 0.29) is 5.82 Å². The second-order valence-electron chi connectivity index (χ2n) is 5.89. The van der Waals surface area contributed by atoms with Gasteiger partial charge in [0, 0.05) is 18.0 Å². The molecule has 0 amide bonds. The van der Waals surface area contributed by atoms with E-state index in [4.69, 9.17) is 4.74 Å². The van der Waals surface area contributed by atoms with Crippen molar-refractivity contribution in [1.29, 1.82) is 0 Å². The number of hydrogen-bond acceptors (Lipinski definition) is 2. The Morgan fingerprint density at radius 1 is 1.05 bits per heavy atom. The fourth-order valence-electron chi connectivity index (χ4n) is 3.58. The van der Waals surface area contributed by atoms with Crippen molar-refractivity contribution in [3.8, 4) is 16.9 Å². The number of nitrogens with one attached hydrogen (secondary N) is 1. The first-order valence-corrected chi connectivity index (χ1v) is 7.55. The van der Waals surface area contributed by atoms with Crippen LogP contribution in [0.5, 0.6) is 5.75 Å². The van der Waals surface area contributed by atoms with Crippen molar-refractivity contribution in [3.63, 3.8) is 0 Å². The summed E-state index contributed by atoms with van der Waals surface area (Å²) in [6.45, 7) is 2.86. The lowest BCUT2D eigenvalue weighted by atomic mass is 9.86. The molecule has 2 aromatic rings. The summed E-state index contributed by atoms with van der Waals surface area (Å²) in [6.07, 6.45) is 1.09. The normalized spacial score (nSPS) is 23.9. The molecule has 2 aromatic carbocycles. The Balaban J connectivity index is 1.83. The zero-order valence-corrected chi connectivity index (χ0v) is 11.8. The van der Waals surface area contributed by atoms with E-state index in [0.717, 1.165) is 43.0 Å². The van der Waals surface area contributed by atoms with Gasteiger partial charge in [0.15, 0.2) is 0 Å². The lowest BCUT2D eigenvalue weighted by Gasteiger charge is -2.18. The number of halogens is 1. The van der Waals surface area contributed by atoms with E-state index in [1.54, 1.807) is 0 Å². The van der Waals surface area contributed by atoms with Gasteiger partial charge in [-0.15, -0.1) is 0 Å². The molecule has 4 rings (SSSR count). The van der Waals surface area contributed by atoms with Crippen LogP contribution in [0.15, 0.2) is 42.5 Å². The second-order valence-corrected chi connectivity index (χ2v) is 5.89. The van der Waals surface area contributed by atoms with E-state index < -0.39 is 0 Å². The zero-order chi connectivity index (χ0) is 14.2. The standard InChI is InChI=1S/C18H18FNO/c19-14-6-4-12(5-7-14)15-2-1-3-16-17-11-20-10-13(17)8-9-21-18(15)16/h1-7,13,17,20H,8-11H2/t13-,17-/m1/s1. The molecule has 0 saturated carbocycles. The summed E-state index contributed by atoms with van der Waals surface area (Å²) in [6, 6.07) is 13.0. The van der Waals surface area contributed by atoms with E-state index in [2.05, 4.69) is 23.5 Å². The number of fused-ring (bicyclic) bond motifs is 3. The number of ether oxygens (including phenoxy) is 1. The SMILES string of the molecule is Fc1ccc(-c2cccc3c2OCC[C@@H]2CNC[C@@H]32)cc1. The molecule has 1 fully saturated rings. The highest BCUT2D eigenvalue weighted by Gasteiger charge is 2.33. The molecule has 0 bridgehead atoms. The first-order chi connectivity index (χ1) is 10.3. The van der Waals surface area contributed by atoms with Crippen LogP contribution in [0.4, 0.5) is 4.39 Å². The van der Waals surface area contributed by atoms with Crippen molar-refractivity contribution in [2.45, 2.75) is 12.3 Å². The molecule has 1 N–H and O–H groups in total. The molecule has 2 aliphatic heterocycles. The molecule has 0 spiro atoms. The Hall–Kier alpha value is -1.87. The average molecular weight is 283 g/mol. The van der Waals surface area contributed by atoms with Crippen LogP contribution in [-0.4, -0.2) is 19.7 Å². The summed E-state index contributed by atoms with van der Waals surface area (Å²) in [5, 5.41) is 3.49. The first kappa shape index (κ1) is 12.8. The van der Waals surface area contributed by atoms with Crippen LogP contribution in [0.25, 0.3) is 11.1 Å². The smallest absolute Gasteiger partial charge is 0.130 e. The van der Waals surface area contributed by atoms with Crippen molar-refractivity contribution in [2.24, 2.45) is 5.92 Å². The van der Waals surface area contributed by atoms with E-state index >= 15 is 0 Å². The van der Waals surface area contributed by atoms with E-state index in [1.807, 2.05) is 12.1 Å². The molecule has 1 saturated heterocycles. The van der Waals surface area contributed by atoms with Gasteiger partial charge in [0.2, 0.25) is 0 Å². The Morgan fingerprint density at radius 3 is 2.76 bits per heavy atom. The monoisotopic (exact) mass is 283 g/mol. The summed E-state index contributed by atoms with van der Waals surface area (Å²) in [7, 11) is 0. The fraction of sp³-hybridized carbons (Fsp3) is 0.333. The molecule has 21 heavy (non-hydrogen) atoms. The third-order valence-corrected chi connectivity index (χ3v) is 4.68. The highest BCUT2D eigenvalue weighted by molar-refractivity contribution is 5.72. The predicted molar refractivity (Wildman–Crippen MR) is 81.0 cm³/mol. The summed E-state index contributed by atoms with van der Waals surface area (Å²) in [4.78, 5) is 0. The van der Waals surface area contributed by atoms with E-state index in [1.165, 1.54) is 17.7 Å². The Morgan fingerprint density at radius 2 is 1.90 bits per heavy atom. The summed E-state index contributed by atoms with van der Waals surface area (Å²) >= 11 is 0. The molecule has 0 unspecified atom stereocenters. The van der Waals surface area contributed by atoms with Gasteiger partial charge in [-0.05, 0) is 42.1 Å². The Kier molecular flexibility index (Phi) is 3.15. The third kappa shape index (κ3) is 2.22. The van der Waals surface area contributed by atoms with Crippen molar-refractivity contribution >= 4 is 0 Å². The molecule has 2 aliphatic rings. The molecule has 0 aliphatic carbocycles. The zero-order valence-electron chi connectivity index (χ0n) is 11.8. The lowest BCUT2D eigenvalue weighted by Crippen LogP contribution is -2.11. The number of benzene rings is 2. The van der Waals surface area contributed by atoms with Crippen LogP contribution in [0, 0.1) is 11.7 Å². The van der Waals surface area contributed by atoms with Gasteiger partial charge in [-0.3, -0.25) is 0 Å². The van der Waals surface area contributed by atoms with Gasteiger partial charge in [0.25, 0.3) is 0 Å². The number of rotatable bonds is 1. The molecule has 0 aromatic heterocycles. The molecule has 2 nitrogen and oxygen atoms in total. The van der Waals surface area contributed by atoms with Gasteiger partial charge in [0.1, 0.15) is 11.6 Å². The minimum absolute atomic E-state index is 0.207. The maximum Gasteiger partial charge on any atom is 0.130 e. The predicted octanol–water partition coefficient (Wildman–Crippen LogP) is 3.58. The van der Waals surface area contributed by atoms with Gasteiger partial charge in [0.05, 0.1) is 6.61 Å². The third-order valence-electron chi connectivity index (χ3n) is 4.68. The average Bonchev–Trinajstić information content (AvgIpc) is 2.90. The van der Waals surface area contributed by atoms with Crippen LogP contribution in [0.2, 0.25) is 0 Å². The molecule has 0 radical (unpaired) electrons. The summed E-state index contributed by atoms with van der Waals surface area (Å²) in [5.41, 5.74) is 3.38. The quantitative estimate of drug-likeness (QED) is 0.863. The topological polar surface area (TPSA) is 21.3 Å². The van der Waals surface area contributed by atoms with Gasteiger partial charge >= 0.3 is 0 Å². The Bertz CT molecular complexity index is 653. The van der Waals surface area contributed by atoms with Crippen molar-refractivity contribution in [3.05, 3.63) is 53.8 Å². The molecular formula is C18H18FNO.